The zero-order valence-electron chi connectivity index (χ0n) is 9.87. The third kappa shape index (κ3) is 3.14. The largest absolute Gasteiger partial charge is 0.479 e. The van der Waals surface area contributed by atoms with Gasteiger partial charge >= 0.3 is 0 Å². The summed E-state index contributed by atoms with van der Waals surface area (Å²) in [6.07, 6.45) is 0. The summed E-state index contributed by atoms with van der Waals surface area (Å²) in [5.74, 6) is 1.06. The van der Waals surface area contributed by atoms with Crippen LogP contribution < -0.4 is 9.64 Å². The summed E-state index contributed by atoms with van der Waals surface area (Å²) >= 11 is 0. The molecule has 1 fully saturated rings. The standard InChI is InChI=1S/C12H14N2O3S/c13-5-8-17-12-3-1-11(2-4-12)14-6-9-18(15,16)10-7-14/h1-4H,6-10H2. The first kappa shape index (κ1) is 12.7. The van der Waals surface area contributed by atoms with E-state index in [9.17, 15) is 8.42 Å². The predicted molar refractivity (Wildman–Crippen MR) is 68.4 cm³/mol. The second-order valence-corrected chi connectivity index (χ2v) is 6.38. The molecule has 0 bridgehead atoms. The first-order valence-corrected chi connectivity index (χ1v) is 7.48. The molecule has 0 radical (unpaired) electrons. The topological polar surface area (TPSA) is 70.4 Å². The second kappa shape index (κ2) is 5.27. The normalized spacial score (nSPS) is 18.1. The average Bonchev–Trinajstić information content (AvgIpc) is 2.37. The Morgan fingerprint density at radius 2 is 1.83 bits per heavy atom. The van der Waals surface area contributed by atoms with Crippen molar-refractivity contribution in [1.29, 1.82) is 5.26 Å². The summed E-state index contributed by atoms with van der Waals surface area (Å²) in [6.45, 7) is 1.09. The number of sulfone groups is 1. The van der Waals surface area contributed by atoms with Crippen LogP contribution in [-0.2, 0) is 9.84 Å². The molecule has 18 heavy (non-hydrogen) atoms. The molecule has 0 atom stereocenters. The van der Waals surface area contributed by atoms with Crippen molar-refractivity contribution in [3.63, 3.8) is 0 Å². The number of anilines is 1. The Balaban J connectivity index is 2.00. The maximum absolute atomic E-state index is 11.3. The zero-order chi connectivity index (χ0) is 13.0. The first-order chi connectivity index (χ1) is 8.61. The minimum atomic E-state index is -2.85. The smallest absolute Gasteiger partial charge is 0.174 e. The number of nitrogens with zero attached hydrogens (tertiary/aromatic N) is 2. The van der Waals surface area contributed by atoms with Gasteiger partial charge in [-0.1, -0.05) is 0 Å². The van der Waals surface area contributed by atoms with E-state index < -0.39 is 9.84 Å². The molecular weight excluding hydrogens is 252 g/mol. The summed E-state index contributed by atoms with van der Waals surface area (Å²) in [4.78, 5) is 2.04. The number of rotatable bonds is 3. The number of hydrogen-bond donors (Lipinski definition) is 0. The molecule has 1 aliphatic rings. The number of nitriles is 1. The Bertz CT molecular complexity index is 532. The third-order valence-corrected chi connectivity index (χ3v) is 4.46. The van der Waals surface area contributed by atoms with Crippen molar-refractivity contribution in [2.75, 3.05) is 36.1 Å². The van der Waals surface area contributed by atoms with E-state index in [1.807, 2.05) is 23.1 Å². The van der Waals surface area contributed by atoms with E-state index >= 15 is 0 Å². The van der Waals surface area contributed by atoms with E-state index in [1.54, 1.807) is 12.1 Å². The van der Waals surface area contributed by atoms with Crippen molar-refractivity contribution in [1.82, 2.24) is 0 Å². The third-order valence-electron chi connectivity index (χ3n) is 2.85. The minimum Gasteiger partial charge on any atom is -0.479 e. The van der Waals surface area contributed by atoms with Crippen molar-refractivity contribution >= 4 is 15.5 Å². The number of hydrogen-bond acceptors (Lipinski definition) is 5. The summed E-state index contributed by atoms with van der Waals surface area (Å²) in [6, 6.07) is 9.24. The lowest BCUT2D eigenvalue weighted by Crippen LogP contribution is -2.40. The van der Waals surface area contributed by atoms with Crippen LogP contribution in [0.5, 0.6) is 5.75 Å². The van der Waals surface area contributed by atoms with Crippen molar-refractivity contribution in [3.05, 3.63) is 24.3 Å². The van der Waals surface area contributed by atoms with E-state index in [4.69, 9.17) is 10.00 Å². The first-order valence-electron chi connectivity index (χ1n) is 5.66. The van der Waals surface area contributed by atoms with Crippen LogP contribution in [-0.4, -0.2) is 39.6 Å². The number of benzene rings is 1. The molecule has 1 aliphatic heterocycles. The van der Waals surface area contributed by atoms with Crippen LogP contribution >= 0.6 is 0 Å². The van der Waals surface area contributed by atoms with E-state index in [2.05, 4.69) is 0 Å². The predicted octanol–water partition coefficient (Wildman–Crippen LogP) is 0.824. The van der Waals surface area contributed by atoms with Crippen LogP contribution in [0, 0.1) is 11.3 Å². The Hall–Kier alpha value is -1.74. The Morgan fingerprint density at radius 1 is 1.22 bits per heavy atom. The van der Waals surface area contributed by atoms with Gasteiger partial charge in [0.15, 0.2) is 16.4 Å². The van der Waals surface area contributed by atoms with E-state index in [0.717, 1.165) is 5.69 Å². The van der Waals surface area contributed by atoms with Gasteiger partial charge in [0.25, 0.3) is 0 Å². The molecular formula is C12H14N2O3S. The van der Waals surface area contributed by atoms with Crippen molar-refractivity contribution in [2.45, 2.75) is 0 Å². The maximum atomic E-state index is 11.3. The highest BCUT2D eigenvalue weighted by molar-refractivity contribution is 7.91. The quantitative estimate of drug-likeness (QED) is 0.810. The molecule has 6 heteroatoms. The highest BCUT2D eigenvalue weighted by atomic mass is 32.2. The van der Waals surface area contributed by atoms with Gasteiger partial charge in [0, 0.05) is 18.8 Å². The number of ether oxygens (including phenoxy) is 1. The molecule has 1 aromatic carbocycles. The minimum absolute atomic E-state index is 0.0291. The molecule has 2 rings (SSSR count). The Kier molecular flexibility index (Phi) is 3.72. The fourth-order valence-corrected chi connectivity index (χ4v) is 3.04. The zero-order valence-corrected chi connectivity index (χ0v) is 10.7. The van der Waals surface area contributed by atoms with Gasteiger partial charge < -0.3 is 9.64 Å². The van der Waals surface area contributed by atoms with Crippen molar-refractivity contribution in [3.8, 4) is 11.8 Å². The Labute approximate surface area is 107 Å². The summed E-state index contributed by atoms with van der Waals surface area (Å²) in [5, 5.41) is 8.40. The molecule has 0 N–H and O–H groups in total. The molecule has 96 valence electrons. The fourth-order valence-electron chi connectivity index (χ4n) is 1.84. The van der Waals surface area contributed by atoms with Gasteiger partial charge in [-0.2, -0.15) is 5.26 Å². The van der Waals surface area contributed by atoms with Gasteiger partial charge in [-0.3, -0.25) is 0 Å². The van der Waals surface area contributed by atoms with Gasteiger partial charge in [0.1, 0.15) is 11.8 Å². The Morgan fingerprint density at radius 3 is 2.39 bits per heavy atom. The van der Waals surface area contributed by atoms with E-state index in [1.165, 1.54) is 0 Å². The molecule has 1 aromatic rings. The van der Waals surface area contributed by atoms with Crippen LogP contribution in [0.4, 0.5) is 5.69 Å². The molecule has 0 spiro atoms. The molecule has 0 aromatic heterocycles. The lowest BCUT2D eigenvalue weighted by atomic mass is 10.2. The van der Waals surface area contributed by atoms with Crippen LogP contribution in [0.15, 0.2) is 24.3 Å². The highest BCUT2D eigenvalue weighted by Crippen LogP contribution is 2.21. The van der Waals surface area contributed by atoms with Crippen LogP contribution in [0.1, 0.15) is 0 Å². The van der Waals surface area contributed by atoms with Gasteiger partial charge in [-0.25, -0.2) is 8.42 Å². The SMILES string of the molecule is N#CCOc1ccc(N2CCS(=O)(=O)CC2)cc1. The molecule has 1 heterocycles. The lowest BCUT2D eigenvalue weighted by Gasteiger charge is -2.28. The molecule has 0 aliphatic carbocycles. The van der Waals surface area contributed by atoms with Crippen LogP contribution in [0.25, 0.3) is 0 Å². The van der Waals surface area contributed by atoms with Gasteiger partial charge in [0.05, 0.1) is 11.5 Å². The monoisotopic (exact) mass is 266 g/mol. The average molecular weight is 266 g/mol. The summed E-state index contributed by atoms with van der Waals surface area (Å²) in [7, 11) is -2.85. The molecule has 0 unspecified atom stereocenters. The van der Waals surface area contributed by atoms with E-state index in [-0.39, 0.29) is 18.1 Å². The van der Waals surface area contributed by atoms with Crippen molar-refractivity contribution in [2.24, 2.45) is 0 Å². The highest BCUT2D eigenvalue weighted by Gasteiger charge is 2.21. The second-order valence-electron chi connectivity index (χ2n) is 4.08. The summed E-state index contributed by atoms with van der Waals surface area (Å²) in [5.41, 5.74) is 0.981. The van der Waals surface area contributed by atoms with Gasteiger partial charge in [0.2, 0.25) is 0 Å². The summed E-state index contributed by atoms with van der Waals surface area (Å²) < 4.78 is 27.8. The van der Waals surface area contributed by atoms with Gasteiger partial charge in [-0.15, -0.1) is 0 Å². The van der Waals surface area contributed by atoms with Crippen LogP contribution in [0.3, 0.4) is 0 Å². The van der Waals surface area contributed by atoms with Gasteiger partial charge in [-0.05, 0) is 24.3 Å². The lowest BCUT2D eigenvalue weighted by molar-refractivity contribution is 0.368. The van der Waals surface area contributed by atoms with E-state index in [0.29, 0.717) is 18.8 Å². The van der Waals surface area contributed by atoms with Crippen molar-refractivity contribution < 1.29 is 13.2 Å². The molecule has 0 amide bonds. The van der Waals surface area contributed by atoms with Crippen LogP contribution in [0.2, 0.25) is 0 Å². The molecule has 1 saturated heterocycles. The fraction of sp³-hybridized carbons (Fsp3) is 0.417. The maximum Gasteiger partial charge on any atom is 0.174 e. The molecule has 5 nitrogen and oxygen atoms in total. The molecule has 0 saturated carbocycles.